The number of benzene rings is 4. The lowest BCUT2D eigenvalue weighted by molar-refractivity contribution is 0.00668. The van der Waals surface area contributed by atoms with E-state index in [4.69, 9.17) is 14.2 Å². The van der Waals surface area contributed by atoms with E-state index in [-0.39, 0.29) is 35.7 Å². The maximum atomic E-state index is 13.1. The number of esters is 1. The van der Waals surface area contributed by atoms with Crippen LogP contribution < -0.4 is 9.47 Å². The van der Waals surface area contributed by atoms with Gasteiger partial charge in [-0.1, -0.05) is 109 Å². The molecule has 0 aliphatic rings. The third-order valence-electron chi connectivity index (χ3n) is 8.54. The number of carbonyl (C=O) groups is 2. The average Bonchev–Trinajstić information content (AvgIpc) is 3.95. The SMILES string of the molecule is CC(C)(C)OC(=O)c1c(OCc2ccccc2)cc(C#Cc2ccccc2)n2ncnc12.O=C(O)c1c(OCc2ccccc2)cc(C#Cc2ccccc2)n2ncnc12. The highest BCUT2D eigenvalue weighted by atomic mass is 16.6. The third-order valence-corrected chi connectivity index (χ3v) is 8.54. The summed E-state index contributed by atoms with van der Waals surface area (Å²) in [6, 6.07) is 41.7. The predicted octanol–water partition coefficient (Wildman–Crippen LogP) is 8.07. The van der Waals surface area contributed by atoms with E-state index in [9.17, 15) is 14.7 Å². The smallest absolute Gasteiger partial charge is 0.346 e. The number of hydrogen-bond donors (Lipinski definition) is 1. The summed E-state index contributed by atoms with van der Waals surface area (Å²) < 4.78 is 20.5. The van der Waals surface area contributed by atoms with Crippen molar-refractivity contribution >= 4 is 23.2 Å². The molecule has 0 radical (unpaired) electrons. The molecule has 4 aromatic heterocycles. The van der Waals surface area contributed by atoms with Crippen molar-refractivity contribution in [3.05, 3.63) is 191 Å². The maximum Gasteiger partial charge on any atom is 0.346 e. The monoisotopic (exact) mass is 794 g/mol. The van der Waals surface area contributed by atoms with Crippen LogP contribution in [-0.4, -0.2) is 51.8 Å². The fraction of sp³-hybridized carbons (Fsp3) is 0.125. The summed E-state index contributed by atoms with van der Waals surface area (Å²) in [5, 5.41) is 18.1. The van der Waals surface area contributed by atoms with Gasteiger partial charge in [0.25, 0.3) is 0 Å². The molecule has 8 aromatic rings. The van der Waals surface area contributed by atoms with Crippen LogP contribution >= 0.6 is 0 Å². The van der Waals surface area contributed by atoms with E-state index in [1.807, 2.05) is 142 Å². The molecular weight excluding hydrogens is 757 g/mol. The fourth-order valence-electron chi connectivity index (χ4n) is 5.83. The lowest BCUT2D eigenvalue weighted by Crippen LogP contribution is -2.25. The Morgan fingerprint density at radius 2 is 0.983 bits per heavy atom. The normalized spacial score (nSPS) is 10.7. The number of rotatable bonds is 8. The summed E-state index contributed by atoms with van der Waals surface area (Å²) in [6.07, 6.45) is 2.69. The van der Waals surface area contributed by atoms with Gasteiger partial charge in [-0.05, 0) is 68.0 Å². The van der Waals surface area contributed by atoms with Crippen LogP contribution in [0.2, 0.25) is 0 Å². The molecule has 0 unspecified atom stereocenters. The van der Waals surface area contributed by atoms with Crippen molar-refractivity contribution in [3.63, 3.8) is 0 Å². The Bertz CT molecular complexity index is 2880. The molecule has 0 saturated heterocycles. The van der Waals surface area contributed by atoms with Gasteiger partial charge >= 0.3 is 11.9 Å². The molecule has 0 amide bonds. The molecule has 0 bridgehead atoms. The first-order valence-corrected chi connectivity index (χ1v) is 18.8. The number of pyridine rings is 2. The minimum absolute atomic E-state index is 0.0429. The van der Waals surface area contributed by atoms with Gasteiger partial charge < -0.3 is 19.3 Å². The molecule has 12 heteroatoms. The standard InChI is InChI=1S/C26H23N3O3.C22H15N3O3/c1-26(2,3)32-25(30)23-22(31-17-20-12-8-5-9-13-20)16-21(29-24(23)27-18-28-29)15-14-19-10-6-4-7-11-19;26-22(27)20-19(28-14-17-9-5-2-6-10-17)13-18(25-21(20)23-15-24-25)12-11-16-7-3-1-4-8-16/h4-13,16,18H,17H2,1-3H3;1-10,13,15H,14H2,(H,26,27). The second-order valence-corrected chi connectivity index (χ2v) is 14.1. The summed E-state index contributed by atoms with van der Waals surface area (Å²) in [5.74, 6) is 11.2. The fourth-order valence-corrected chi connectivity index (χ4v) is 5.83. The number of aromatic nitrogens is 6. The number of carboxylic acids is 1. The van der Waals surface area contributed by atoms with Crippen LogP contribution in [0.4, 0.5) is 0 Å². The second kappa shape index (κ2) is 18.4. The molecule has 0 spiro atoms. The van der Waals surface area contributed by atoms with Crippen molar-refractivity contribution in [3.8, 4) is 35.2 Å². The topological polar surface area (TPSA) is 142 Å². The van der Waals surface area contributed by atoms with Crippen molar-refractivity contribution in [1.29, 1.82) is 0 Å². The summed E-state index contributed by atoms with van der Waals surface area (Å²) in [7, 11) is 0. The number of nitrogens with zero attached hydrogens (tertiary/aromatic N) is 6. The highest BCUT2D eigenvalue weighted by Gasteiger charge is 2.27. The average molecular weight is 795 g/mol. The minimum Gasteiger partial charge on any atom is -0.488 e. The predicted molar refractivity (Wildman–Crippen MR) is 224 cm³/mol. The quantitative estimate of drug-likeness (QED) is 0.119. The van der Waals surface area contributed by atoms with Crippen LogP contribution in [0.25, 0.3) is 11.3 Å². The van der Waals surface area contributed by atoms with Crippen LogP contribution in [0.15, 0.2) is 146 Å². The largest absolute Gasteiger partial charge is 0.488 e. The molecule has 0 saturated carbocycles. The van der Waals surface area contributed by atoms with E-state index in [1.54, 1.807) is 12.1 Å². The molecule has 1 N–H and O–H groups in total. The van der Waals surface area contributed by atoms with Gasteiger partial charge in [-0.25, -0.2) is 28.6 Å². The lowest BCUT2D eigenvalue weighted by Gasteiger charge is -2.21. The highest BCUT2D eigenvalue weighted by molar-refractivity contribution is 5.99. The Kier molecular flexibility index (Phi) is 12.2. The van der Waals surface area contributed by atoms with Gasteiger partial charge in [0, 0.05) is 23.3 Å². The summed E-state index contributed by atoms with van der Waals surface area (Å²) >= 11 is 0. The molecule has 8 rings (SSSR count). The van der Waals surface area contributed by atoms with Crippen molar-refractivity contribution in [2.75, 3.05) is 0 Å². The second-order valence-electron chi connectivity index (χ2n) is 14.1. The van der Waals surface area contributed by atoms with Gasteiger partial charge in [-0.2, -0.15) is 10.2 Å². The number of carbonyl (C=O) groups excluding carboxylic acids is 1. The molecule has 12 nitrogen and oxygen atoms in total. The number of aromatic carboxylic acids is 1. The Balaban J connectivity index is 0.000000183. The molecule has 0 fully saturated rings. The van der Waals surface area contributed by atoms with E-state index < -0.39 is 17.5 Å². The Morgan fingerprint density at radius 1 is 0.583 bits per heavy atom. The molecular formula is C48H38N6O6. The molecule has 4 aromatic carbocycles. The van der Waals surface area contributed by atoms with Gasteiger partial charge in [0.15, 0.2) is 11.3 Å². The molecule has 296 valence electrons. The van der Waals surface area contributed by atoms with E-state index in [0.717, 1.165) is 22.3 Å². The van der Waals surface area contributed by atoms with Crippen LogP contribution in [0.5, 0.6) is 11.5 Å². The van der Waals surface area contributed by atoms with Gasteiger partial charge in [0.1, 0.15) is 65.5 Å². The number of fused-ring (bicyclic) bond motifs is 2. The molecule has 4 heterocycles. The van der Waals surface area contributed by atoms with E-state index in [2.05, 4.69) is 43.8 Å². The zero-order chi connectivity index (χ0) is 41.9. The summed E-state index contributed by atoms with van der Waals surface area (Å²) in [6.45, 7) is 5.96. The van der Waals surface area contributed by atoms with Crippen molar-refractivity contribution in [1.82, 2.24) is 29.2 Å². The van der Waals surface area contributed by atoms with Gasteiger partial charge in [-0.15, -0.1) is 0 Å². The zero-order valence-corrected chi connectivity index (χ0v) is 32.9. The molecule has 0 atom stereocenters. The van der Waals surface area contributed by atoms with Crippen molar-refractivity contribution < 1.29 is 28.9 Å². The van der Waals surface area contributed by atoms with Crippen LogP contribution in [0, 0.1) is 23.7 Å². The van der Waals surface area contributed by atoms with Crippen LogP contribution in [-0.2, 0) is 18.0 Å². The van der Waals surface area contributed by atoms with Crippen molar-refractivity contribution in [2.24, 2.45) is 0 Å². The van der Waals surface area contributed by atoms with Gasteiger partial charge in [-0.3, -0.25) is 0 Å². The number of ether oxygens (including phenoxy) is 3. The molecule has 0 aliphatic carbocycles. The Labute approximate surface area is 346 Å². The molecule has 60 heavy (non-hydrogen) atoms. The lowest BCUT2D eigenvalue weighted by atomic mass is 10.1. The Hall–Kier alpha value is -8.22. The first-order valence-electron chi connectivity index (χ1n) is 18.8. The summed E-state index contributed by atoms with van der Waals surface area (Å²) in [5.41, 5.74) is 4.68. The van der Waals surface area contributed by atoms with E-state index in [0.29, 0.717) is 22.8 Å². The minimum atomic E-state index is -1.14. The van der Waals surface area contributed by atoms with Gasteiger partial charge in [0.05, 0.1) is 0 Å². The van der Waals surface area contributed by atoms with Gasteiger partial charge in [0.2, 0.25) is 0 Å². The van der Waals surface area contributed by atoms with Crippen molar-refractivity contribution in [2.45, 2.75) is 39.6 Å². The summed E-state index contributed by atoms with van der Waals surface area (Å²) in [4.78, 5) is 33.3. The Morgan fingerprint density at radius 3 is 1.40 bits per heavy atom. The number of carboxylic acid groups (broad SMARTS) is 1. The van der Waals surface area contributed by atoms with Crippen LogP contribution in [0.3, 0.4) is 0 Å². The molecule has 0 aliphatic heterocycles. The highest BCUT2D eigenvalue weighted by Crippen LogP contribution is 2.29. The third kappa shape index (κ3) is 10.0. The first-order chi connectivity index (χ1) is 29.1. The van der Waals surface area contributed by atoms with E-state index >= 15 is 0 Å². The first kappa shape index (κ1) is 40.0. The maximum absolute atomic E-state index is 13.1. The van der Waals surface area contributed by atoms with E-state index in [1.165, 1.54) is 21.7 Å². The number of hydrogen-bond acceptors (Lipinski definition) is 9. The zero-order valence-electron chi connectivity index (χ0n) is 32.9. The van der Waals surface area contributed by atoms with Crippen LogP contribution in [0.1, 0.15) is 75.1 Å².